The van der Waals surface area contributed by atoms with E-state index in [4.69, 9.17) is 12.2 Å². The van der Waals surface area contributed by atoms with Gasteiger partial charge in [-0.15, -0.1) is 0 Å². The molecule has 104 valence electrons. The molecule has 3 rings (SSSR count). The van der Waals surface area contributed by atoms with Gasteiger partial charge in [-0.2, -0.15) is 0 Å². The van der Waals surface area contributed by atoms with Crippen LogP contribution >= 0.6 is 12.2 Å². The van der Waals surface area contributed by atoms with Gasteiger partial charge >= 0.3 is 0 Å². The molecule has 0 aliphatic carbocycles. The Kier molecular flexibility index (Phi) is 3.48. The number of rotatable bonds is 2. The summed E-state index contributed by atoms with van der Waals surface area (Å²) < 4.78 is 0. The number of phenolic OH excluding ortho intramolecular Hbond substituents is 1. The van der Waals surface area contributed by atoms with Crippen molar-refractivity contribution in [3.8, 4) is 16.9 Å². The second-order valence-corrected chi connectivity index (χ2v) is 5.88. The molecule has 0 fully saturated rings. The Hall–Kier alpha value is -2.19. The number of thiocarbonyl (C=S) groups is 1. The number of phenols is 1. The van der Waals surface area contributed by atoms with Crippen LogP contribution in [0.15, 0.2) is 54.6 Å². The van der Waals surface area contributed by atoms with Crippen LogP contribution in [0, 0.1) is 6.92 Å². The van der Waals surface area contributed by atoms with E-state index < -0.39 is 0 Å². The molecule has 3 aromatic rings. The summed E-state index contributed by atoms with van der Waals surface area (Å²) >= 11 is 5.48. The molecule has 0 saturated carbocycles. The zero-order valence-electron chi connectivity index (χ0n) is 12.1. The molecule has 3 aromatic carbocycles. The first-order valence-electron chi connectivity index (χ1n) is 6.90. The Morgan fingerprint density at radius 1 is 1.00 bits per heavy atom. The lowest BCUT2D eigenvalue weighted by Crippen LogP contribution is -2.00. The van der Waals surface area contributed by atoms with Crippen LogP contribution in [0.25, 0.3) is 21.9 Å². The maximum atomic E-state index is 9.74. The van der Waals surface area contributed by atoms with Gasteiger partial charge in [-0.05, 0) is 59.0 Å². The molecule has 2 heteroatoms. The van der Waals surface area contributed by atoms with Gasteiger partial charge in [0, 0.05) is 4.86 Å². The topological polar surface area (TPSA) is 20.2 Å². The summed E-state index contributed by atoms with van der Waals surface area (Å²) in [5, 5.41) is 11.9. The minimum Gasteiger partial charge on any atom is -0.508 e. The molecule has 0 aliphatic heterocycles. The Morgan fingerprint density at radius 2 is 1.71 bits per heavy atom. The lowest BCUT2D eigenvalue weighted by atomic mass is 9.89. The molecule has 0 aliphatic rings. The summed E-state index contributed by atoms with van der Waals surface area (Å²) in [6, 6.07) is 17.9. The highest BCUT2D eigenvalue weighted by Gasteiger charge is 2.14. The molecule has 0 saturated heterocycles. The maximum absolute atomic E-state index is 9.74. The lowest BCUT2D eigenvalue weighted by molar-refractivity contribution is 0.476. The molecular formula is C19H16OS. The van der Waals surface area contributed by atoms with Crippen LogP contribution in [-0.4, -0.2) is 9.97 Å². The van der Waals surface area contributed by atoms with E-state index in [9.17, 15) is 5.11 Å². The third kappa shape index (κ3) is 2.43. The smallest absolute Gasteiger partial charge is 0.116 e. The van der Waals surface area contributed by atoms with Crippen molar-refractivity contribution in [3.05, 3.63) is 65.7 Å². The minimum absolute atomic E-state index is 0.285. The van der Waals surface area contributed by atoms with Gasteiger partial charge in [-0.25, -0.2) is 0 Å². The Balaban J connectivity index is 2.48. The fourth-order valence-electron chi connectivity index (χ4n) is 2.89. The Bertz CT molecular complexity index is 835. The number of hydrogen-bond acceptors (Lipinski definition) is 2. The van der Waals surface area contributed by atoms with Crippen LogP contribution < -0.4 is 0 Å². The van der Waals surface area contributed by atoms with Crippen molar-refractivity contribution in [2.45, 2.75) is 13.8 Å². The Morgan fingerprint density at radius 3 is 2.38 bits per heavy atom. The van der Waals surface area contributed by atoms with Crippen molar-refractivity contribution in [3.63, 3.8) is 0 Å². The summed E-state index contributed by atoms with van der Waals surface area (Å²) in [5.41, 5.74) is 4.56. The summed E-state index contributed by atoms with van der Waals surface area (Å²) in [4.78, 5) is 0.890. The number of aromatic hydroxyl groups is 1. The minimum atomic E-state index is 0.285. The normalized spacial score (nSPS) is 10.8. The molecule has 1 N–H and O–H groups in total. The molecule has 0 atom stereocenters. The van der Waals surface area contributed by atoms with E-state index in [2.05, 4.69) is 25.1 Å². The van der Waals surface area contributed by atoms with Crippen molar-refractivity contribution in [2.24, 2.45) is 0 Å². The van der Waals surface area contributed by atoms with Crippen LogP contribution in [0.2, 0.25) is 0 Å². The van der Waals surface area contributed by atoms with E-state index in [1.807, 2.05) is 31.2 Å². The van der Waals surface area contributed by atoms with E-state index in [-0.39, 0.29) is 5.75 Å². The van der Waals surface area contributed by atoms with Crippen molar-refractivity contribution in [1.82, 2.24) is 0 Å². The first kappa shape index (κ1) is 13.8. The van der Waals surface area contributed by atoms with Crippen molar-refractivity contribution < 1.29 is 5.11 Å². The zero-order valence-corrected chi connectivity index (χ0v) is 12.9. The third-order valence-electron chi connectivity index (χ3n) is 3.74. The number of aryl methyl sites for hydroxylation is 1. The molecule has 0 unspecified atom stereocenters. The average molecular weight is 292 g/mol. The monoisotopic (exact) mass is 292 g/mol. The van der Waals surface area contributed by atoms with Gasteiger partial charge in [0.25, 0.3) is 0 Å². The molecule has 21 heavy (non-hydrogen) atoms. The summed E-state index contributed by atoms with van der Waals surface area (Å²) in [5.74, 6) is 0.285. The summed E-state index contributed by atoms with van der Waals surface area (Å²) in [6.45, 7) is 4.04. The number of hydrogen-bond donors (Lipinski definition) is 1. The number of fused-ring (bicyclic) bond motifs is 1. The van der Waals surface area contributed by atoms with Gasteiger partial charge in [-0.3, -0.25) is 0 Å². The second-order valence-electron chi connectivity index (χ2n) is 5.27. The van der Waals surface area contributed by atoms with E-state index in [0.717, 1.165) is 37.9 Å². The third-order valence-corrected chi connectivity index (χ3v) is 3.94. The molecule has 0 bridgehead atoms. The molecule has 0 aromatic heterocycles. The van der Waals surface area contributed by atoms with Gasteiger partial charge in [0.2, 0.25) is 0 Å². The van der Waals surface area contributed by atoms with Crippen molar-refractivity contribution in [1.29, 1.82) is 0 Å². The fraction of sp³-hybridized carbons (Fsp3) is 0.105. The summed E-state index contributed by atoms with van der Waals surface area (Å²) in [7, 11) is 0. The largest absolute Gasteiger partial charge is 0.508 e. The first-order valence-corrected chi connectivity index (χ1v) is 7.31. The van der Waals surface area contributed by atoms with Crippen molar-refractivity contribution >= 4 is 27.9 Å². The highest BCUT2D eigenvalue weighted by Crippen LogP contribution is 2.36. The van der Waals surface area contributed by atoms with Crippen LogP contribution in [-0.2, 0) is 0 Å². The van der Waals surface area contributed by atoms with Gasteiger partial charge in [0.1, 0.15) is 5.75 Å². The number of benzene rings is 3. The van der Waals surface area contributed by atoms with Crippen LogP contribution in [0.4, 0.5) is 0 Å². The highest BCUT2D eigenvalue weighted by atomic mass is 32.1. The summed E-state index contributed by atoms with van der Waals surface area (Å²) in [6.07, 6.45) is 0. The Labute approximate surface area is 129 Å². The molecule has 0 radical (unpaired) electrons. The van der Waals surface area contributed by atoms with Crippen molar-refractivity contribution in [2.75, 3.05) is 0 Å². The van der Waals surface area contributed by atoms with Crippen LogP contribution in [0.3, 0.4) is 0 Å². The molecule has 0 spiro atoms. The molecule has 0 amide bonds. The van der Waals surface area contributed by atoms with E-state index in [1.165, 1.54) is 0 Å². The fourth-order valence-corrected chi connectivity index (χ4v) is 3.16. The van der Waals surface area contributed by atoms with E-state index in [0.29, 0.717) is 0 Å². The standard InChI is InChI=1S/C19H16OS/c1-12-10-15-11-16(20)8-9-17(15)19(18(12)13(2)21)14-6-4-3-5-7-14/h3-11,20H,1-2H3. The second kappa shape index (κ2) is 5.30. The average Bonchev–Trinajstić information content (AvgIpc) is 2.46. The van der Waals surface area contributed by atoms with Gasteiger partial charge in [0.05, 0.1) is 0 Å². The van der Waals surface area contributed by atoms with Gasteiger partial charge in [0.15, 0.2) is 0 Å². The molecule has 0 heterocycles. The first-order chi connectivity index (χ1) is 10.1. The van der Waals surface area contributed by atoms with E-state index in [1.54, 1.807) is 12.1 Å². The van der Waals surface area contributed by atoms with Gasteiger partial charge in [-0.1, -0.05) is 54.7 Å². The molecular weight excluding hydrogens is 276 g/mol. The van der Waals surface area contributed by atoms with Crippen LogP contribution in [0.5, 0.6) is 5.75 Å². The van der Waals surface area contributed by atoms with E-state index >= 15 is 0 Å². The zero-order chi connectivity index (χ0) is 15.0. The van der Waals surface area contributed by atoms with Crippen LogP contribution in [0.1, 0.15) is 18.1 Å². The highest BCUT2D eigenvalue weighted by molar-refractivity contribution is 7.80. The predicted octanol–water partition coefficient (Wildman–Crippen LogP) is 5.26. The van der Waals surface area contributed by atoms with Gasteiger partial charge < -0.3 is 5.11 Å². The lowest BCUT2D eigenvalue weighted by Gasteiger charge is -2.16. The SMILES string of the molecule is CC(=S)c1c(C)cc2cc(O)ccc2c1-c1ccccc1. The molecule has 1 nitrogen and oxygen atoms in total. The predicted molar refractivity (Wildman–Crippen MR) is 93.2 cm³/mol. The maximum Gasteiger partial charge on any atom is 0.116 e. The quantitative estimate of drug-likeness (QED) is 0.513.